The van der Waals surface area contributed by atoms with Crippen LogP contribution in [0.2, 0.25) is 0 Å². The maximum atomic E-state index is 5.81. The second-order valence-electron chi connectivity index (χ2n) is 6.87. The van der Waals surface area contributed by atoms with Gasteiger partial charge in [-0.05, 0) is 29.5 Å². The second kappa shape index (κ2) is 15.2. The summed E-state index contributed by atoms with van der Waals surface area (Å²) in [6.07, 6.45) is 0. The lowest BCUT2D eigenvalue weighted by molar-refractivity contribution is 0.0931. The Labute approximate surface area is 192 Å². The summed E-state index contributed by atoms with van der Waals surface area (Å²) >= 11 is 0. The van der Waals surface area contributed by atoms with Gasteiger partial charge in [-0.25, -0.2) is 0 Å². The molecule has 1 unspecified atom stereocenters. The SMILES string of the molecule is CCOCc1ccc(CNC(=NC)NCC(C)COCc2ccccc2)cc1.I. The largest absolute Gasteiger partial charge is 0.377 e. The van der Waals surface area contributed by atoms with Gasteiger partial charge >= 0.3 is 0 Å². The van der Waals surface area contributed by atoms with Crippen LogP contribution >= 0.6 is 24.0 Å². The maximum Gasteiger partial charge on any atom is 0.191 e. The summed E-state index contributed by atoms with van der Waals surface area (Å²) in [5.74, 6) is 1.19. The zero-order valence-electron chi connectivity index (χ0n) is 17.7. The Bertz CT molecular complexity index is 693. The average Bonchev–Trinajstić information content (AvgIpc) is 2.74. The fourth-order valence-corrected chi connectivity index (χ4v) is 2.66. The molecular formula is C23H34IN3O2. The van der Waals surface area contributed by atoms with Crippen LogP contribution in [-0.4, -0.2) is 32.8 Å². The quantitative estimate of drug-likeness (QED) is 0.268. The number of aliphatic imine (C=N–C) groups is 1. The minimum absolute atomic E-state index is 0. The van der Waals surface area contributed by atoms with E-state index in [-0.39, 0.29) is 24.0 Å². The molecule has 2 aromatic rings. The molecule has 160 valence electrons. The third-order valence-electron chi connectivity index (χ3n) is 4.31. The van der Waals surface area contributed by atoms with Crippen LogP contribution in [0.4, 0.5) is 0 Å². The Balaban J connectivity index is 0.00000420. The Kier molecular flexibility index (Phi) is 13.3. The fraction of sp³-hybridized carbons (Fsp3) is 0.435. The van der Waals surface area contributed by atoms with E-state index in [9.17, 15) is 0 Å². The summed E-state index contributed by atoms with van der Waals surface area (Å²) in [5.41, 5.74) is 3.60. The van der Waals surface area contributed by atoms with E-state index in [0.717, 1.165) is 25.7 Å². The first-order valence-electron chi connectivity index (χ1n) is 9.93. The number of hydrogen-bond acceptors (Lipinski definition) is 3. The van der Waals surface area contributed by atoms with Gasteiger partial charge in [0.05, 0.1) is 19.8 Å². The van der Waals surface area contributed by atoms with Gasteiger partial charge in [0, 0.05) is 26.7 Å². The van der Waals surface area contributed by atoms with Crippen molar-refractivity contribution in [2.24, 2.45) is 10.9 Å². The van der Waals surface area contributed by atoms with Gasteiger partial charge in [-0.3, -0.25) is 4.99 Å². The Hall–Kier alpha value is -1.64. The van der Waals surface area contributed by atoms with E-state index < -0.39 is 0 Å². The van der Waals surface area contributed by atoms with Gasteiger partial charge in [0.2, 0.25) is 0 Å². The van der Waals surface area contributed by atoms with Gasteiger partial charge in [-0.15, -0.1) is 24.0 Å². The normalized spacial score (nSPS) is 12.2. The molecule has 0 bridgehead atoms. The van der Waals surface area contributed by atoms with Crippen LogP contribution in [0, 0.1) is 5.92 Å². The molecule has 6 heteroatoms. The first kappa shape index (κ1) is 25.4. The van der Waals surface area contributed by atoms with Gasteiger partial charge < -0.3 is 20.1 Å². The average molecular weight is 511 g/mol. The van der Waals surface area contributed by atoms with Crippen molar-refractivity contribution in [2.75, 3.05) is 26.8 Å². The van der Waals surface area contributed by atoms with E-state index >= 15 is 0 Å². The van der Waals surface area contributed by atoms with Gasteiger partial charge in [-0.1, -0.05) is 61.5 Å². The predicted octanol–water partition coefficient (Wildman–Crippen LogP) is 4.36. The topological polar surface area (TPSA) is 54.9 Å². The van der Waals surface area contributed by atoms with Gasteiger partial charge in [0.25, 0.3) is 0 Å². The number of rotatable bonds is 11. The molecule has 0 radical (unpaired) electrons. The summed E-state index contributed by atoms with van der Waals surface area (Å²) in [5, 5.41) is 6.72. The smallest absolute Gasteiger partial charge is 0.191 e. The first-order chi connectivity index (χ1) is 13.7. The van der Waals surface area contributed by atoms with Crippen LogP contribution < -0.4 is 10.6 Å². The third-order valence-corrected chi connectivity index (χ3v) is 4.31. The maximum absolute atomic E-state index is 5.81. The van der Waals surface area contributed by atoms with Crippen LogP contribution in [0.3, 0.4) is 0 Å². The molecule has 0 amide bonds. The second-order valence-corrected chi connectivity index (χ2v) is 6.87. The number of guanidine groups is 1. The molecule has 2 rings (SSSR count). The Morgan fingerprint density at radius 1 is 0.897 bits per heavy atom. The van der Waals surface area contributed by atoms with Gasteiger partial charge in [-0.2, -0.15) is 0 Å². The standard InChI is InChI=1S/C23H33N3O2.HI/c1-4-27-17-22-12-10-20(11-13-22)15-26-23(24-3)25-14-19(2)16-28-18-21-8-6-5-7-9-21;/h5-13,19H,4,14-18H2,1-3H3,(H2,24,25,26);1H. The van der Waals surface area contributed by atoms with E-state index in [0.29, 0.717) is 25.7 Å². The Morgan fingerprint density at radius 2 is 1.52 bits per heavy atom. The number of hydrogen-bond donors (Lipinski definition) is 2. The van der Waals surface area contributed by atoms with Crippen LogP contribution in [0.1, 0.15) is 30.5 Å². The molecule has 5 nitrogen and oxygen atoms in total. The van der Waals surface area contributed by atoms with Crippen molar-refractivity contribution in [1.29, 1.82) is 0 Å². The van der Waals surface area contributed by atoms with Crippen LogP contribution in [0.15, 0.2) is 59.6 Å². The number of benzene rings is 2. The number of ether oxygens (including phenoxy) is 2. The van der Waals surface area contributed by atoms with Crippen LogP contribution in [0.25, 0.3) is 0 Å². The summed E-state index contributed by atoms with van der Waals surface area (Å²) in [6.45, 7) is 8.47. The van der Waals surface area contributed by atoms with Crippen molar-refractivity contribution in [3.8, 4) is 0 Å². The number of halogens is 1. The zero-order valence-corrected chi connectivity index (χ0v) is 20.0. The minimum atomic E-state index is 0. The first-order valence-corrected chi connectivity index (χ1v) is 9.93. The van der Waals surface area contributed by atoms with Gasteiger partial charge in [0.1, 0.15) is 0 Å². The third kappa shape index (κ3) is 10.6. The molecule has 0 aliphatic carbocycles. The van der Waals surface area contributed by atoms with Crippen LogP contribution in [-0.2, 0) is 29.2 Å². The van der Waals surface area contributed by atoms with Crippen molar-refractivity contribution >= 4 is 29.9 Å². The van der Waals surface area contributed by atoms with Crippen molar-refractivity contribution in [1.82, 2.24) is 10.6 Å². The van der Waals surface area contributed by atoms with Crippen molar-refractivity contribution in [3.63, 3.8) is 0 Å². The minimum Gasteiger partial charge on any atom is -0.377 e. The summed E-state index contributed by atoms with van der Waals surface area (Å²) in [6, 6.07) is 18.7. The molecule has 0 fully saturated rings. The van der Waals surface area contributed by atoms with Crippen molar-refractivity contribution in [2.45, 2.75) is 33.6 Å². The van der Waals surface area contributed by atoms with Gasteiger partial charge in [0.15, 0.2) is 5.96 Å². The molecule has 0 saturated heterocycles. The highest BCUT2D eigenvalue weighted by Gasteiger charge is 2.05. The van der Waals surface area contributed by atoms with E-state index in [2.05, 4.69) is 58.9 Å². The summed E-state index contributed by atoms with van der Waals surface area (Å²) < 4.78 is 11.2. The highest BCUT2D eigenvalue weighted by Crippen LogP contribution is 2.06. The van der Waals surface area contributed by atoms with E-state index in [1.165, 1.54) is 16.7 Å². The highest BCUT2D eigenvalue weighted by molar-refractivity contribution is 14.0. The molecule has 29 heavy (non-hydrogen) atoms. The molecule has 0 aliphatic heterocycles. The highest BCUT2D eigenvalue weighted by atomic mass is 127. The number of nitrogens with zero attached hydrogens (tertiary/aromatic N) is 1. The molecule has 0 aliphatic rings. The summed E-state index contributed by atoms with van der Waals surface area (Å²) in [7, 11) is 1.79. The molecule has 0 spiro atoms. The van der Waals surface area contributed by atoms with E-state index in [4.69, 9.17) is 9.47 Å². The fourth-order valence-electron chi connectivity index (χ4n) is 2.66. The Morgan fingerprint density at radius 3 is 2.17 bits per heavy atom. The number of nitrogens with one attached hydrogen (secondary N) is 2. The molecule has 2 aromatic carbocycles. The van der Waals surface area contributed by atoms with E-state index in [1.54, 1.807) is 7.05 Å². The lowest BCUT2D eigenvalue weighted by atomic mass is 10.1. The molecular weight excluding hydrogens is 477 g/mol. The monoisotopic (exact) mass is 511 g/mol. The molecule has 0 heterocycles. The van der Waals surface area contributed by atoms with Crippen molar-refractivity contribution < 1.29 is 9.47 Å². The zero-order chi connectivity index (χ0) is 20.0. The molecule has 0 saturated carbocycles. The molecule has 2 N–H and O–H groups in total. The van der Waals surface area contributed by atoms with Crippen molar-refractivity contribution in [3.05, 3.63) is 71.3 Å². The summed E-state index contributed by atoms with van der Waals surface area (Å²) in [4.78, 5) is 4.29. The lowest BCUT2D eigenvalue weighted by Crippen LogP contribution is -2.39. The molecule has 0 aromatic heterocycles. The molecule has 1 atom stereocenters. The van der Waals surface area contributed by atoms with E-state index in [1.807, 2.05) is 25.1 Å². The predicted molar refractivity (Wildman–Crippen MR) is 131 cm³/mol. The lowest BCUT2D eigenvalue weighted by Gasteiger charge is -2.16. The van der Waals surface area contributed by atoms with Crippen LogP contribution in [0.5, 0.6) is 0 Å².